The van der Waals surface area contributed by atoms with Crippen molar-refractivity contribution in [1.82, 2.24) is 10.2 Å². The Morgan fingerprint density at radius 1 is 1.07 bits per heavy atom. The van der Waals surface area contributed by atoms with Crippen LogP contribution in [0, 0.1) is 5.92 Å². The molecule has 29 heavy (non-hydrogen) atoms. The Hall–Kier alpha value is -2.31. The second-order valence-electron chi connectivity index (χ2n) is 7.71. The number of rotatable bonds is 5. The zero-order valence-corrected chi connectivity index (χ0v) is 17.3. The van der Waals surface area contributed by atoms with Crippen LogP contribution in [0.5, 0.6) is 0 Å². The average Bonchev–Trinajstić information content (AvgIpc) is 2.92. The van der Waals surface area contributed by atoms with Crippen LogP contribution in [0.4, 0.5) is 5.69 Å². The van der Waals surface area contributed by atoms with E-state index in [0.717, 1.165) is 49.5 Å². The van der Waals surface area contributed by atoms with E-state index in [4.69, 9.17) is 0 Å². The van der Waals surface area contributed by atoms with E-state index in [0.29, 0.717) is 5.75 Å². The zero-order valence-electron chi connectivity index (χ0n) is 16.5. The third kappa shape index (κ3) is 5.19. The smallest absolute Gasteiger partial charge is 0.237 e. The molecule has 2 heterocycles. The standard InChI is InChI=1S/C23H27N3O2S/c27-22(19-16-29-21-9-5-4-8-20(21)25-23(19)28)24-18-11-14-26(15-12-18)13-10-17-6-2-1-3-7-17/h1-9,18-19H,10-16H2,(H,24,27)(H,25,28). The number of anilines is 1. The van der Waals surface area contributed by atoms with Gasteiger partial charge in [-0.15, -0.1) is 11.8 Å². The lowest BCUT2D eigenvalue weighted by molar-refractivity contribution is -0.132. The molecule has 2 aromatic rings. The number of fused-ring (bicyclic) bond motifs is 1. The van der Waals surface area contributed by atoms with Crippen molar-refractivity contribution >= 4 is 29.3 Å². The molecule has 4 rings (SSSR count). The molecular formula is C23H27N3O2S. The van der Waals surface area contributed by atoms with Gasteiger partial charge in [-0.2, -0.15) is 0 Å². The maximum absolute atomic E-state index is 12.8. The van der Waals surface area contributed by atoms with Crippen LogP contribution in [0.2, 0.25) is 0 Å². The molecule has 0 saturated carbocycles. The van der Waals surface area contributed by atoms with Crippen LogP contribution in [-0.4, -0.2) is 48.1 Å². The van der Waals surface area contributed by atoms with Crippen LogP contribution in [0.25, 0.3) is 0 Å². The van der Waals surface area contributed by atoms with Gasteiger partial charge in [0.1, 0.15) is 5.92 Å². The van der Waals surface area contributed by atoms with Gasteiger partial charge in [0.15, 0.2) is 0 Å². The van der Waals surface area contributed by atoms with Crippen molar-refractivity contribution in [3.63, 3.8) is 0 Å². The Kier molecular flexibility index (Phi) is 6.52. The normalized spacial score (nSPS) is 20.4. The van der Waals surface area contributed by atoms with Crippen molar-refractivity contribution in [3.8, 4) is 0 Å². The highest BCUT2D eigenvalue weighted by molar-refractivity contribution is 7.99. The molecule has 1 saturated heterocycles. The molecule has 2 aliphatic rings. The summed E-state index contributed by atoms with van der Waals surface area (Å²) in [6.45, 7) is 3.01. The predicted molar refractivity (Wildman–Crippen MR) is 117 cm³/mol. The number of piperidine rings is 1. The van der Waals surface area contributed by atoms with Crippen molar-refractivity contribution in [2.45, 2.75) is 30.2 Å². The molecule has 1 unspecified atom stereocenters. The quantitative estimate of drug-likeness (QED) is 0.745. The van der Waals surface area contributed by atoms with Crippen LogP contribution < -0.4 is 10.6 Å². The number of hydrogen-bond donors (Lipinski definition) is 2. The zero-order chi connectivity index (χ0) is 20.1. The third-order valence-electron chi connectivity index (χ3n) is 5.68. The van der Waals surface area contributed by atoms with Gasteiger partial charge in [0.05, 0.1) is 5.69 Å². The molecule has 2 amide bonds. The molecule has 0 aliphatic carbocycles. The summed E-state index contributed by atoms with van der Waals surface area (Å²) in [5, 5.41) is 6.03. The number of thioether (sulfide) groups is 1. The number of benzene rings is 2. The average molecular weight is 410 g/mol. The number of nitrogens with zero attached hydrogens (tertiary/aromatic N) is 1. The third-order valence-corrected chi connectivity index (χ3v) is 6.84. The fourth-order valence-corrected chi connectivity index (χ4v) is 4.99. The number of likely N-dealkylation sites (tertiary alicyclic amines) is 1. The first kappa shape index (κ1) is 20.0. The summed E-state index contributed by atoms with van der Waals surface area (Å²) in [6.07, 6.45) is 2.92. The Labute approximate surface area is 176 Å². The lowest BCUT2D eigenvalue weighted by Gasteiger charge is -2.32. The molecule has 6 heteroatoms. The number of amides is 2. The first-order valence-corrected chi connectivity index (χ1v) is 11.3. The first-order chi connectivity index (χ1) is 14.2. The van der Waals surface area contributed by atoms with Crippen molar-refractivity contribution < 1.29 is 9.59 Å². The molecular weight excluding hydrogens is 382 g/mol. The Morgan fingerprint density at radius 3 is 2.59 bits per heavy atom. The lowest BCUT2D eigenvalue weighted by atomic mass is 10.0. The van der Waals surface area contributed by atoms with Gasteiger partial charge in [0.2, 0.25) is 11.8 Å². The Bertz CT molecular complexity index is 850. The summed E-state index contributed by atoms with van der Waals surface area (Å²) in [6, 6.07) is 18.4. The summed E-state index contributed by atoms with van der Waals surface area (Å²) in [7, 11) is 0. The molecule has 152 valence electrons. The maximum atomic E-state index is 12.8. The van der Waals surface area contributed by atoms with Crippen LogP contribution in [0.3, 0.4) is 0 Å². The second kappa shape index (κ2) is 9.46. The van der Waals surface area contributed by atoms with Gasteiger partial charge in [0, 0.05) is 36.3 Å². The van der Waals surface area contributed by atoms with E-state index < -0.39 is 5.92 Å². The maximum Gasteiger partial charge on any atom is 0.237 e. The molecule has 0 aromatic heterocycles. The molecule has 0 radical (unpaired) electrons. The Morgan fingerprint density at radius 2 is 1.79 bits per heavy atom. The van der Waals surface area contributed by atoms with Crippen LogP contribution in [0.15, 0.2) is 59.5 Å². The number of carbonyl (C=O) groups excluding carboxylic acids is 2. The number of hydrogen-bond acceptors (Lipinski definition) is 4. The van der Waals surface area contributed by atoms with Crippen molar-refractivity contribution in [1.29, 1.82) is 0 Å². The van der Waals surface area contributed by atoms with Gasteiger partial charge in [-0.3, -0.25) is 9.59 Å². The number of nitrogens with one attached hydrogen (secondary N) is 2. The van der Waals surface area contributed by atoms with Crippen LogP contribution in [-0.2, 0) is 16.0 Å². The Balaban J connectivity index is 1.24. The largest absolute Gasteiger partial charge is 0.353 e. The van der Waals surface area contributed by atoms with Crippen molar-refractivity contribution in [3.05, 3.63) is 60.2 Å². The van der Waals surface area contributed by atoms with E-state index in [1.807, 2.05) is 30.3 Å². The molecule has 5 nitrogen and oxygen atoms in total. The highest BCUT2D eigenvalue weighted by atomic mass is 32.2. The highest BCUT2D eigenvalue weighted by Crippen LogP contribution is 2.32. The van der Waals surface area contributed by atoms with E-state index in [1.54, 1.807) is 11.8 Å². The van der Waals surface area contributed by atoms with Gasteiger partial charge < -0.3 is 15.5 Å². The fourth-order valence-electron chi connectivity index (χ4n) is 3.89. The van der Waals surface area contributed by atoms with E-state index in [9.17, 15) is 9.59 Å². The summed E-state index contributed by atoms with van der Waals surface area (Å²) in [5.41, 5.74) is 2.16. The molecule has 2 aliphatic heterocycles. The minimum atomic E-state index is -0.650. The molecule has 1 atom stereocenters. The lowest BCUT2D eigenvalue weighted by Crippen LogP contribution is -2.48. The SMILES string of the molecule is O=C1Nc2ccccc2SCC1C(=O)NC1CCN(CCc2ccccc2)CC1. The topological polar surface area (TPSA) is 61.4 Å². The molecule has 0 bridgehead atoms. The molecule has 1 fully saturated rings. The number of para-hydroxylation sites is 1. The summed E-state index contributed by atoms with van der Waals surface area (Å²) in [4.78, 5) is 28.8. The fraction of sp³-hybridized carbons (Fsp3) is 0.391. The van der Waals surface area contributed by atoms with E-state index in [-0.39, 0.29) is 17.9 Å². The summed E-state index contributed by atoms with van der Waals surface area (Å²) >= 11 is 1.56. The van der Waals surface area contributed by atoms with Crippen LogP contribution in [0.1, 0.15) is 18.4 Å². The first-order valence-electron chi connectivity index (χ1n) is 10.3. The van der Waals surface area contributed by atoms with Crippen LogP contribution >= 0.6 is 11.8 Å². The van der Waals surface area contributed by atoms with Gasteiger partial charge in [-0.1, -0.05) is 42.5 Å². The van der Waals surface area contributed by atoms with Crippen molar-refractivity contribution in [2.24, 2.45) is 5.92 Å². The summed E-state index contributed by atoms with van der Waals surface area (Å²) < 4.78 is 0. The van der Waals surface area contributed by atoms with Crippen molar-refractivity contribution in [2.75, 3.05) is 30.7 Å². The molecule has 2 N–H and O–H groups in total. The minimum absolute atomic E-state index is 0.148. The van der Waals surface area contributed by atoms with E-state index >= 15 is 0 Å². The minimum Gasteiger partial charge on any atom is -0.353 e. The predicted octanol–water partition coefficient (Wildman–Crippen LogP) is 3.17. The monoisotopic (exact) mass is 409 g/mol. The molecule has 2 aromatic carbocycles. The van der Waals surface area contributed by atoms with Gasteiger partial charge in [-0.05, 0) is 37.0 Å². The summed E-state index contributed by atoms with van der Waals surface area (Å²) in [5.74, 6) is -0.528. The van der Waals surface area contributed by atoms with Gasteiger partial charge in [-0.25, -0.2) is 0 Å². The highest BCUT2D eigenvalue weighted by Gasteiger charge is 2.32. The van der Waals surface area contributed by atoms with E-state index in [1.165, 1.54) is 5.56 Å². The second-order valence-corrected chi connectivity index (χ2v) is 8.77. The van der Waals surface area contributed by atoms with Gasteiger partial charge >= 0.3 is 0 Å². The van der Waals surface area contributed by atoms with Gasteiger partial charge in [0.25, 0.3) is 0 Å². The number of carbonyl (C=O) groups is 2. The van der Waals surface area contributed by atoms with E-state index in [2.05, 4.69) is 39.8 Å². The molecule has 0 spiro atoms.